The largest absolute Gasteiger partial charge is 0.292 e. The van der Waals surface area contributed by atoms with Crippen LogP contribution in [0.25, 0.3) is 31.3 Å². The summed E-state index contributed by atoms with van der Waals surface area (Å²) < 4.78 is 3.38. The first-order chi connectivity index (χ1) is 19.6. The van der Waals surface area contributed by atoms with Crippen molar-refractivity contribution in [3.63, 3.8) is 0 Å². The van der Waals surface area contributed by atoms with Gasteiger partial charge in [-0.2, -0.15) is 0 Å². The highest BCUT2D eigenvalue weighted by Gasteiger charge is 2.37. The molecule has 2 aromatic carbocycles. The van der Waals surface area contributed by atoms with Gasteiger partial charge in [0.2, 0.25) is 0 Å². The maximum Gasteiger partial charge on any atom is 0.285 e. The minimum atomic E-state index is -0.189. The zero-order valence-electron chi connectivity index (χ0n) is 22.4. The fourth-order valence-electron chi connectivity index (χ4n) is 5.53. The van der Waals surface area contributed by atoms with Gasteiger partial charge in [0.25, 0.3) is 11.8 Å². The summed E-state index contributed by atoms with van der Waals surface area (Å²) in [7, 11) is 0. The number of benzene rings is 2. The molecule has 6 nitrogen and oxygen atoms in total. The highest BCUT2D eigenvalue weighted by molar-refractivity contribution is 8.35. The van der Waals surface area contributed by atoms with Crippen LogP contribution in [0.5, 0.6) is 0 Å². The Kier molecular flexibility index (Phi) is 6.53. The summed E-state index contributed by atoms with van der Waals surface area (Å²) in [6.07, 6.45) is 0. The van der Waals surface area contributed by atoms with Crippen LogP contribution in [0.3, 0.4) is 0 Å². The van der Waals surface area contributed by atoms with Gasteiger partial charge in [0.1, 0.15) is 18.6 Å². The van der Waals surface area contributed by atoms with Crippen molar-refractivity contribution in [3.05, 3.63) is 47.5 Å². The van der Waals surface area contributed by atoms with E-state index in [1.54, 1.807) is 32.5 Å². The van der Waals surface area contributed by atoms with Crippen molar-refractivity contribution < 1.29 is 9.59 Å². The monoisotopic (exact) mass is 650 g/mol. The second kappa shape index (κ2) is 9.78. The van der Waals surface area contributed by atoms with Gasteiger partial charge in [0, 0.05) is 27.9 Å². The second-order valence-electron chi connectivity index (χ2n) is 10.3. The van der Waals surface area contributed by atoms with Gasteiger partial charge in [0.15, 0.2) is 10.1 Å². The SMILES string of the molecule is CCN1C(=O)C(=Nc2cc3cc4c(cc3s2)-c2cc3sc(N=C5SC(=S)N(CC)C5=O)cc3cc2C4(C)C)SC1=S. The van der Waals surface area contributed by atoms with Crippen LogP contribution in [0.4, 0.5) is 10.0 Å². The van der Waals surface area contributed by atoms with E-state index in [1.165, 1.54) is 45.8 Å². The quantitative estimate of drug-likeness (QED) is 0.207. The van der Waals surface area contributed by atoms with Crippen molar-refractivity contribution in [1.82, 2.24) is 9.80 Å². The predicted molar refractivity (Wildman–Crippen MR) is 184 cm³/mol. The highest BCUT2D eigenvalue weighted by Crippen LogP contribution is 2.53. The third kappa shape index (κ3) is 4.25. The molecule has 2 saturated heterocycles. The number of thioether (sulfide) groups is 2. The van der Waals surface area contributed by atoms with Crippen LogP contribution in [-0.2, 0) is 15.0 Å². The molecular formula is C29H22N4O2S6. The number of fused-ring (bicyclic) bond motifs is 5. The smallest absolute Gasteiger partial charge is 0.285 e. The molecule has 4 aromatic rings. The summed E-state index contributed by atoms with van der Waals surface area (Å²) in [5, 5.41) is 4.72. The molecule has 2 amide bonds. The number of carbonyl (C=O) groups excluding carboxylic acids is 2. The van der Waals surface area contributed by atoms with E-state index in [1.807, 2.05) is 13.8 Å². The average Bonchev–Trinajstić information content (AvgIpc) is 3.68. The summed E-state index contributed by atoms with van der Waals surface area (Å²) in [4.78, 5) is 37.9. The van der Waals surface area contributed by atoms with E-state index < -0.39 is 0 Å². The topological polar surface area (TPSA) is 65.3 Å². The van der Waals surface area contributed by atoms with Crippen LogP contribution >= 0.6 is 70.6 Å². The molecule has 0 atom stereocenters. The molecule has 7 rings (SSSR count). The van der Waals surface area contributed by atoms with E-state index >= 15 is 0 Å². The minimum absolute atomic E-state index is 0.122. The second-order valence-corrected chi connectivity index (χ2v) is 15.7. The van der Waals surface area contributed by atoms with Crippen molar-refractivity contribution in [3.8, 4) is 11.1 Å². The first-order valence-corrected chi connectivity index (χ1v) is 17.1. The number of amides is 2. The van der Waals surface area contributed by atoms with Crippen molar-refractivity contribution in [2.45, 2.75) is 33.1 Å². The summed E-state index contributed by atoms with van der Waals surface area (Å²) >= 11 is 16.4. The molecule has 12 heteroatoms. The first-order valence-electron chi connectivity index (χ1n) is 13.0. The van der Waals surface area contributed by atoms with E-state index in [2.05, 4.69) is 60.2 Å². The molecule has 0 saturated carbocycles. The zero-order chi connectivity index (χ0) is 28.8. The lowest BCUT2D eigenvalue weighted by Gasteiger charge is -2.21. The fourth-order valence-corrected chi connectivity index (χ4v) is 10.1. The van der Waals surface area contributed by atoms with E-state index in [-0.39, 0.29) is 17.2 Å². The highest BCUT2D eigenvalue weighted by atomic mass is 32.2. The molecule has 0 spiro atoms. The number of rotatable bonds is 4. The van der Waals surface area contributed by atoms with Crippen molar-refractivity contribution in [2.75, 3.05) is 13.1 Å². The molecule has 2 fully saturated rings. The van der Waals surface area contributed by atoms with Gasteiger partial charge < -0.3 is 0 Å². The molecule has 4 heterocycles. The number of hydrogen-bond donors (Lipinski definition) is 0. The molecule has 41 heavy (non-hydrogen) atoms. The third-order valence-corrected chi connectivity index (χ3v) is 12.3. The Hall–Kier alpha value is -2.48. The van der Waals surface area contributed by atoms with E-state index in [4.69, 9.17) is 24.4 Å². The van der Waals surface area contributed by atoms with Gasteiger partial charge in [-0.15, -0.1) is 22.7 Å². The van der Waals surface area contributed by atoms with E-state index in [0.29, 0.717) is 31.8 Å². The summed E-state index contributed by atoms with van der Waals surface area (Å²) in [6, 6.07) is 13.2. The van der Waals surface area contributed by atoms with Crippen LogP contribution < -0.4 is 0 Å². The molecule has 1 aliphatic carbocycles. The Balaban J connectivity index is 1.28. The first kappa shape index (κ1) is 27.4. The summed E-state index contributed by atoms with van der Waals surface area (Å²) in [5.74, 6) is -0.244. The van der Waals surface area contributed by atoms with E-state index in [0.717, 1.165) is 30.2 Å². The summed E-state index contributed by atoms with van der Waals surface area (Å²) in [5.41, 5.74) is 4.81. The Morgan fingerprint density at radius 2 is 1.12 bits per heavy atom. The van der Waals surface area contributed by atoms with Gasteiger partial charge >= 0.3 is 0 Å². The molecule has 0 radical (unpaired) electrons. The number of nitrogens with zero attached hydrogens (tertiary/aromatic N) is 4. The van der Waals surface area contributed by atoms with Crippen LogP contribution in [0.15, 0.2) is 46.4 Å². The number of hydrogen-bond acceptors (Lipinski definition) is 10. The lowest BCUT2D eigenvalue weighted by molar-refractivity contribution is -0.120. The third-order valence-electron chi connectivity index (χ3n) is 7.64. The van der Waals surface area contributed by atoms with Crippen LogP contribution in [-0.4, -0.2) is 53.4 Å². The number of aliphatic imine (C=N–C) groups is 2. The van der Waals surface area contributed by atoms with Crippen LogP contribution in [0.1, 0.15) is 38.8 Å². The lowest BCUT2D eigenvalue weighted by Crippen LogP contribution is -2.29. The van der Waals surface area contributed by atoms with E-state index in [9.17, 15) is 9.59 Å². The van der Waals surface area contributed by atoms with Crippen LogP contribution in [0, 0.1) is 0 Å². The number of carbonyl (C=O) groups is 2. The molecule has 3 aliphatic rings. The molecule has 2 aromatic heterocycles. The molecule has 0 bridgehead atoms. The number of thiocarbonyl (C=S) groups is 2. The Bertz CT molecular complexity index is 1810. The molecule has 206 valence electrons. The lowest BCUT2D eigenvalue weighted by atomic mass is 9.82. The zero-order valence-corrected chi connectivity index (χ0v) is 27.3. The van der Waals surface area contributed by atoms with Crippen molar-refractivity contribution >= 4 is 131 Å². The number of thiophene rings is 2. The molecule has 0 unspecified atom stereocenters. The predicted octanol–water partition coefficient (Wildman–Crippen LogP) is 8.24. The Morgan fingerprint density at radius 3 is 1.49 bits per heavy atom. The van der Waals surface area contributed by atoms with Gasteiger partial charge in [-0.1, -0.05) is 38.3 Å². The van der Waals surface area contributed by atoms with Crippen molar-refractivity contribution in [1.29, 1.82) is 0 Å². The summed E-state index contributed by atoms with van der Waals surface area (Å²) in [6.45, 7) is 9.45. The van der Waals surface area contributed by atoms with Crippen molar-refractivity contribution in [2.24, 2.45) is 9.98 Å². The molecular weight excluding hydrogens is 629 g/mol. The normalized spacial score (nSPS) is 20.1. The minimum Gasteiger partial charge on any atom is -0.292 e. The van der Waals surface area contributed by atoms with Gasteiger partial charge in [0.05, 0.1) is 0 Å². The molecule has 2 aliphatic heterocycles. The molecule has 0 N–H and O–H groups in total. The fraction of sp³-hybridized carbons (Fsp3) is 0.241. The maximum atomic E-state index is 12.7. The average molecular weight is 651 g/mol. The van der Waals surface area contributed by atoms with Gasteiger partial charge in [-0.25, -0.2) is 9.98 Å². The van der Waals surface area contributed by atoms with Gasteiger partial charge in [-0.3, -0.25) is 19.4 Å². The van der Waals surface area contributed by atoms with Gasteiger partial charge in [-0.05, 0) is 107 Å². The Morgan fingerprint density at radius 1 is 0.707 bits per heavy atom. The standard InChI is InChI=1S/C29H22N4O2S6/c1-5-32-25(34)23(40-27(32)36)30-21-9-13-7-17-15(11-19(13)38-21)16-12-20-14(8-18(16)29(17,3)4)10-22(39-20)31-24-26(35)33(6-2)28(37)41-24/h7-12H,5-6H2,1-4H3. The van der Waals surface area contributed by atoms with Crippen LogP contribution in [0.2, 0.25) is 0 Å². The Labute approximate surface area is 263 Å². The maximum absolute atomic E-state index is 12.7.